The molecule has 0 aliphatic heterocycles. The first-order valence-electron chi connectivity index (χ1n) is 6.92. The van der Waals surface area contributed by atoms with Gasteiger partial charge in [-0.05, 0) is 36.6 Å². The highest BCUT2D eigenvalue weighted by atomic mass is 16.3. The molecule has 20 heavy (non-hydrogen) atoms. The maximum Gasteiger partial charge on any atom is 0.221 e. The molecule has 1 atom stereocenters. The molecule has 1 heterocycles. The topological polar surface area (TPSA) is 68.3 Å². The third-order valence-electron chi connectivity index (χ3n) is 3.73. The highest BCUT2D eigenvalue weighted by molar-refractivity contribution is 5.76. The van der Waals surface area contributed by atoms with Gasteiger partial charge in [0.2, 0.25) is 5.91 Å². The van der Waals surface area contributed by atoms with Gasteiger partial charge in [0.1, 0.15) is 5.76 Å². The van der Waals surface area contributed by atoms with E-state index in [1.807, 2.05) is 30.3 Å². The molecular formula is C16H18N2O2. The van der Waals surface area contributed by atoms with Crippen molar-refractivity contribution in [2.45, 2.75) is 31.7 Å². The normalized spacial score (nSPS) is 17.5. The first-order chi connectivity index (χ1) is 9.72. The average molecular weight is 270 g/mol. The van der Waals surface area contributed by atoms with Crippen LogP contribution in [0.15, 0.2) is 41.0 Å². The summed E-state index contributed by atoms with van der Waals surface area (Å²) in [6.07, 6.45) is 5.32. The third kappa shape index (κ3) is 2.69. The summed E-state index contributed by atoms with van der Waals surface area (Å²) in [6.45, 7) is 0. The van der Waals surface area contributed by atoms with Crippen molar-refractivity contribution in [3.63, 3.8) is 0 Å². The van der Waals surface area contributed by atoms with E-state index in [-0.39, 0.29) is 12.3 Å². The van der Waals surface area contributed by atoms with Gasteiger partial charge >= 0.3 is 0 Å². The van der Waals surface area contributed by atoms with Gasteiger partial charge in [0.25, 0.3) is 0 Å². The second-order valence-corrected chi connectivity index (χ2v) is 5.23. The van der Waals surface area contributed by atoms with E-state index < -0.39 is 0 Å². The minimum atomic E-state index is -0.305. The molecule has 1 unspecified atom stereocenters. The largest absolute Gasteiger partial charge is 0.469 e. The van der Waals surface area contributed by atoms with Gasteiger partial charge in [-0.1, -0.05) is 12.1 Å². The van der Waals surface area contributed by atoms with Gasteiger partial charge in [-0.15, -0.1) is 0 Å². The first kappa shape index (κ1) is 12.8. The maximum atomic E-state index is 10.9. The molecule has 104 valence electrons. The lowest BCUT2D eigenvalue weighted by Crippen LogP contribution is -2.16. The van der Waals surface area contributed by atoms with Crippen molar-refractivity contribution in [1.29, 1.82) is 0 Å². The van der Waals surface area contributed by atoms with Crippen LogP contribution in [0.5, 0.6) is 0 Å². The predicted octanol–water partition coefficient (Wildman–Crippen LogP) is 2.80. The fourth-order valence-electron chi connectivity index (χ4n) is 2.76. The van der Waals surface area contributed by atoms with E-state index >= 15 is 0 Å². The number of nitrogens with two attached hydrogens (primary N) is 1. The molecule has 1 amide bonds. The number of fused-ring (bicyclic) bond motifs is 1. The monoisotopic (exact) mass is 270 g/mol. The number of anilines is 1. The van der Waals surface area contributed by atoms with Gasteiger partial charge < -0.3 is 15.5 Å². The minimum Gasteiger partial charge on any atom is -0.469 e. The van der Waals surface area contributed by atoms with E-state index in [9.17, 15) is 4.79 Å². The standard InChI is InChI=1S/C16H18N2O2/c17-16(19)10-11-4-6-12(7-5-11)18-14-2-1-3-15-13(14)8-9-20-15/h4-9,14,18H,1-3,10H2,(H2,17,19). The minimum absolute atomic E-state index is 0.287. The van der Waals surface area contributed by atoms with Gasteiger partial charge in [-0.3, -0.25) is 4.79 Å². The molecule has 0 spiro atoms. The van der Waals surface area contributed by atoms with E-state index in [0.29, 0.717) is 6.04 Å². The van der Waals surface area contributed by atoms with E-state index in [1.165, 1.54) is 5.56 Å². The first-order valence-corrected chi connectivity index (χ1v) is 6.92. The van der Waals surface area contributed by atoms with Crippen molar-refractivity contribution in [2.24, 2.45) is 5.73 Å². The number of hydrogen-bond donors (Lipinski definition) is 2. The Balaban J connectivity index is 1.71. The molecule has 0 saturated carbocycles. The maximum absolute atomic E-state index is 10.9. The van der Waals surface area contributed by atoms with Crippen LogP contribution < -0.4 is 11.1 Å². The van der Waals surface area contributed by atoms with Crippen LogP contribution in [0.2, 0.25) is 0 Å². The number of carbonyl (C=O) groups is 1. The highest BCUT2D eigenvalue weighted by Crippen LogP contribution is 2.33. The molecule has 1 aliphatic rings. The fourth-order valence-corrected chi connectivity index (χ4v) is 2.76. The molecule has 0 radical (unpaired) electrons. The Labute approximate surface area is 118 Å². The molecular weight excluding hydrogens is 252 g/mol. The van der Waals surface area contributed by atoms with Crippen molar-refractivity contribution < 1.29 is 9.21 Å². The van der Waals surface area contributed by atoms with E-state index in [4.69, 9.17) is 10.2 Å². The summed E-state index contributed by atoms with van der Waals surface area (Å²) in [6, 6.07) is 10.2. The highest BCUT2D eigenvalue weighted by Gasteiger charge is 2.22. The summed E-state index contributed by atoms with van der Waals surface area (Å²) >= 11 is 0. The van der Waals surface area contributed by atoms with Gasteiger partial charge in [-0.2, -0.15) is 0 Å². The second-order valence-electron chi connectivity index (χ2n) is 5.23. The number of hydrogen-bond acceptors (Lipinski definition) is 3. The van der Waals surface area contributed by atoms with Crippen LogP contribution in [0.3, 0.4) is 0 Å². The van der Waals surface area contributed by atoms with E-state index in [2.05, 4.69) is 5.32 Å². The number of rotatable bonds is 4. The number of aryl methyl sites for hydroxylation is 1. The molecule has 4 heteroatoms. The molecule has 3 rings (SSSR count). The Hall–Kier alpha value is -2.23. The molecule has 3 N–H and O–H groups in total. The summed E-state index contributed by atoms with van der Waals surface area (Å²) < 4.78 is 5.50. The van der Waals surface area contributed by atoms with Gasteiger partial charge in [0.15, 0.2) is 0 Å². The molecule has 2 aromatic rings. The number of carbonyl (C=O) groups excluding carboxylic acids is 1. The van der Waals surface area contributed by atoms with Crippen LogP contribution >= 0.6 is 0 Å². The quantitative estimate of drug-likeness (QED) is 0.897. The van der Waals surface area contributed by atoms with Crippen LogP contribution in [0.1, 0.15) is 35.8 Å². The lowest BCUT2D eigenvalue weighted by atomic mass is 9.93. The summed E-state index contributed by atoms with van der Waals surface area (Å²) in [5, 5.41) is 3.53. The van der Waals surface area contributed by atoms with Gasteiger partial charge in [0.05, 0.1) is 18.7 Å². The van der Waals surface area contributed by atoms with Crippen LogP contribution in [0.4, 0.5) is 5.69 Å². The Morgan fingerprint density at radius 2 is 2.10 bits per heavy atom. The lowest BCUT2D eigenvalue weighted by Gasteiger charge is -2.23. The molecule has 1 aromatic carbocycles. The molecule has 1 aromatic heterocycles. The zero-order valence-corrected chi connectivity index (χ0v) is 11.3. The zero-order valence-electron chi connectivity index (χ0n) is 11.3. The zero-order chi connectivity index (χ0) is 13.9. The summed E-state index contributed by atoms with van der Waals surface area (Å²) in [7, 11) is 0. The van der Waals surface area contributed by atoms with Crippen LogP contribution in [-0.2, 0) is 17.6 Å². The number of nitrogens with one attached hydrogen (secondary N) is 1. The number of primary amides is 1. The van der Waals surface area contributed by atoms with Crippen molar-refractivity contribution in [1.82, 2.24) is 0 Å². The van der Waals surface area contributed by atoms with E-state index in [1.54, 1.807) is 6.26 Å². The fraction of sp³-hybridized carbons (Fsp3) is 0.312. The molecule has 1 aliphatic carbocycles. The van der Waals surface area contributed by atoms with Crippen molar-refractivity contribution >= 4 is 11.6 Å². The summed E-state index contributed by atoms with van der Waals surface area (Å²) in [5.74, 6) is 0.792. The number of benzene rings is 1. The predicted molar refractivity (Wildman–Crippen MR) is 77.4 cm³/mol. The molecule has 0 fully saturated rings. The van der Waals surface area contributed by atoms with E-state index in [0.717, 1.165) is 36.3 Å². The second kappa shape index (κ2) is 5.41. The Morgan fingerprint density at radius 1 is 1.30 bits per heavy atom. The number of amides is 1. The number of furan rings is 1. The Kier molecular flexibility index (Phi) is 3.46. The van der Waals surface area contributed by atoms with Crippen molar-refractivity contribution in [3.8, 4) is 0 Å². The molecule has 0 saturated heterocycles. The Bertz CT molecular complexity index is 601. The van der Waals surface area contributed by atoms with Gasteiger partial charge in [0, 0.05) is 17.7 Å². The average Bonchev–Trinajstić information content (AvgIpc) is 2.90. The molecule has 0 bridgehead atoms. The summed E-state index contributed by atoms with van der Waals surface area (Å²) in [4.78, 5) is 10.9. The van der Waals surface area contributed by atoms with Crippen molar-refractivity contribution in [3.05, 3.63) is 53.5 Å². The van der Waals surface area contributed by atoms with Crippen molar-refractivity contribution in [2.75, 3.05) is 5.32 Å². The van der Waals surface area contributed by atoms with Crippen LogP contribution in [-0.4, -0.2) is 5.91 Å². The summed E-state index contributed by atoms with van der Waals surface area (Å²) in [5.41, 5.74) is 8.44. The molecule has 4 nitrogen and oxygen atoms in total. The smallest absolute Gasteiger partial charge is 0.221 e. The van der Waals surface area contributed by atoms with Gasteiger partial charge in [-0.25, -0.2) is 0 Å². The van der Waals surface area contributed by atoms with Crippen LogP contribution in [0, 0.1) is 0 Å². The SMILES string of the molecule is NC(=O)Cc1ccc(NC2CCCc3occc32)cc1. The Morgan fingerprint density at radius 3 is 2.85 bits per heavy atom. The van der Waals surface area contributed by atoms with Crippen LogP contribution in [0.25, 0.3) is 0 Å². The lowest BCUT2D eigenvalue weighted by molar-refractivity contribution is -0.117. The third-order valence-corrected chi connectivity index (χ3v) is 3.73.